The molecule has 38 heavy (non-hydrogen) atoms. The van der Waals surface area contributed by atoms with E-state index < -0.39 is 0 Å². The van der Waals surface area contributed by atoms with Gasteiger partial charge in [-0.3, -0.25) is 14.5 Å². The van der Waals surface area contributed by atoms with Gasteiger partial charge in [-0.25, -0.2) is 4.98 Å². The molecule has 5 heteroatoms. The van der Waals surface area contributed by atoms with Crippen LogP contribution in [0.25, 0.3) is 27.6 Å². The molecule has 1 aliphatic rings. The van der Waals surface area contributed by atoms with E-state index in [1.807, 2.05) is 84.9 Å². The van der Waals surface area contributed by atoms with Gasteiger partial charge >= 0.3 is 0 Å². The number of aromatic nitrogens is 1. The Morgan fingerprint density at radius 3 is 2.03 bits per heavy atom. The van der Waals surface area contributed by atoms with Gasteiger partial charge in [0.15, 0.2) is 11.6 Å². The van der Waals surface area contributed by atoms with Crippen molar-refractivity contribution >= 4 is 67.0 Å². The zero-order valence-electron chi connectivity index (χ0n) is 20.2. The largest absolute Gasteiger partial charge is 0.288 e. The van der Waals surface area contributed by atoms with Crippen LogP contribution < -0.4 is 4.90 Å². The van der Waals surface area contributed by atoms with Crippen molar-refractivity contribution in [2.75, 3.05) is 4.90 Å². The summed E-state index contributed by atoms with van der Waals surface area (Å²) in [6.07, 6.45) is 3.50. The Hall–Kier alpha value is -4.87. The number of hydrogen-bond donors (Lipinski definition) is 0. The van der Waals surface area contributed by atoms with E-state index in [4.69, 9.17) is 0 Å². The third-order valence-electron chi connectivity index (χ3n) is 6.87. The standard InChI is InChI=1S/C33H20N2O2S/c36-32-26-18-22-9-1-2-10-23(22)19-27(26)33(37)28(32)20-24-15-16-31(38-24)35(30-14-5-6-17-34-30)29-13-7-11-21-8-3-4-12-25(21)29/h1-20H. The molecular formula is C33H20N2O2S. The normalized spacial score (nSPS) is 12.8. The second-order valence-electron chi connectivity index (χ2n) is 9.16. The molecule has 6 aromatic rings. The molecule has 0 atom stereocenters. The minimum Gasteiger partial charge on any atom is -0.288 e. The fourth-order valence-corrected chi connectivity index (χ4v) is 6.04. The monoisotopic (exact) mass is 508 g/mol. The number of carbonyl (C=O) groups excluding carboxylic acids is 2. The van der Waals surface area contributed by atoms with Crippen LogP contribution in [0.2, 0.25) is 0 Å². The molecule has 0 fully saturated rings. The second kappa shape index (κ2) is 8.91. The van der Waals surface area contributed by atoms with E-state index in [0.29, 0.717) is 11.1 Å². The lowest BCUT2D eigenvalue weighted by molar-refractivity contribution is 0.0990. The first-order valence-corrected chi connectivity index (χ1v) is 13.1. The van der Waals surface area contributed by atoms with E-state index in [1.54, 1.807) is 12.3 Å². The van der Waals surface area contributed by atoms with Crippen LogP contribution in [-0.4, -0.2) is 16.6 Å². The quantitative estimate of drug-likeness (QED) is 0.177. The first-order chi connectivity index (χ1) is 18.7. The van der Waals surface area contributed by atoms with Crippen molar-refractivity contribution in [2.24, 2.45) is 0 Å². The Balaban J connectivity index is 1.32. The van der Waals surface area contributed by atoms with Gasteiger partial charge < -0.3 is 0 Å². The van der Waals surface area contributed by atoms with E-state index in [1.165, 1.54) is 11.3 Å². The number of hydrogen-bond acceptors (Lipinski definition) is 5. The Morgan fingerprint density at radius 2 is 1.32 bits per heavy atom. The van der Waals surface area contributed by atoms with Crippen molar-refractivity contribution in [3.63, 3.8) is 0 Å². The van der Waals surface area contributed by atoms with Crippen LogP contribution >= 0.6 is 11.3 Å². The number of carbonyl (C=O) groups is 2. The molecule has 7 rings (SSSR count). The summed E-state index contributed by atoms with van der Waals surface area (Å²) in [5.74, 6) is 0.347. The number of rotatable bonds is 4. The zero-order chi connectivity index (χ0) is 25.6. The van der Waals surface area contributed by atoms with Gasteiger partial charge in [-0.2, -0.15) is 0 Å². The van der Waals surface area contributed by atoms with Crippen LogP contribution in [0.15, 0.2) is 121 Å². The van der Waals surface area contributed by atoms with Gasteiger partial charge in [0.2, 0.25) is 0 Å². The first-order valence-electron chi connectivity index (χ1n) is 12.3. The topological polar surface area (TPSA) is 50.3 Å². The molecule has 0 aliphatic heterocycles. The minimum absolute atomic E-state index is 0.207. The fourth-order valence-electron chi connectivity index (χ4n) is 5.07. The average molecular weight is 509 g/mol. The molecule has 4 nitrogen and oxygen atoms in total. The Labute approximate surface area is 223 Å². The van der Waals surface area contributed by atoms with E-state index in [0.717, 1.165) is 42.9 Å². The molecule has 0 amide bonds. The number of benzene rings is 4. The summed E-state index contributed by atoms with van der Waals surface area (Å²) >= 11 is 1.52. The average Bonchev–Trinajstić information content (AvgIpc) is 3.51. The lowest BCUT2D eigenvalue weighted by Gasteiger charge is -2.23. The fraction of sp³-hybridized carbons (Fsp3) is 0. The van der Waals surface area contributed by atoms with Crippen molar-refractivity contribution in [1.29, 1.82) is 0 Å². The van der Waals surface area contributed by atoms with Crippen LogP contribution in [0.4, 0.5) is 16.5 Å². The van der Waals surface area contributed by atoms with Crippen LogP contribution in [0.5, 0.6) is 0 Å². The zero-order valence-corrected chi connectivity index (χ0v) is 21.0. The van der Waals surface area contributed by atoms with Crippen LogP contribution in [0.1, 0.15) is 25.6 Å². The number of ketones is 2. The van der Waals surface area contributed by atoms with Crippen LogP contribution in [0, 0.1) is 0 Å². The highest BCUT2D eigenvalue weighted by molar-refractivity contribution is 7.17. The molecule has 4 aromatic carbocycles. The second-order valence-corrected chi connectivity index (χ2v) is 10.3. The van der Waals surface area contributed by atoms with Crippen molar-refractivity contribution in [2.45, 2.75) is 0 Å². The molecule has 1 aliphatic carbocycles. The van der Waals surface area contributed by atoms with Crippen LogP contribution in [0.3, 0.4) is 0 Å². The van der Waals surface area contributed by atoms with Gasteiger partial charge in [-0.05, 0) is 64.7 Å². The molecular weight excluding hydrogens is 488 g/mol. The molecule has 0 spiro atoms. The highest BCUT2D eigenvalue weighted by Gasteiger charge is 2.33. The highest BCUT2D eigenvalue weighted by atomic mass is 32.1. The molecule has 0 N–H and O–H groups in total. The minimum atomic E-state index is -0.221. The van der Waals surface area contributed by atoms with Gasteiger partial charge in [0.1, 0.15) is 10.8 Å². The van der Waals surface area contributed by atoms with Crippen molar-refractivity contribution in [3.05, 3.63) is 137 Å². The number of pyridine rings is 1. The van der Waals surface area contributed by atoms with Gasteiger partial charge in [0.25, 0.3) is 0 Å². The number of fused-ring (bicyclic) bond motifs is 3. The first kappa shape index (κ1) is 22.3. The molecule has 180 valence electrons. The summed E-state index contributed by atoms with van der Waals surface area (Å²) in [5, 5.41) is 5.09. The smallest absolute Gasteiger partial charge is 0.197 e. The van der Waals surface area contributed by atoms with Gasteiger partial charge in [0, 0.05) is 27.6 Å². The SMILES string of the molecule is O=C1C(=Cc2ccc(N(c3ccccn3)c3cccc4ccccc34)s2)C(=O)c2cc3ccccc3cc21. The van der Waals surface area contributed by atoms with E-state index in [2.05, 4.69) is 34.1 Å². The van der Waals surface area contributed by atoms with Crippen molar-refractivity contribution in [1.82, 2.24) is 4.98 Å². The molecule has 2 aromatic heterocycles. The third kappa shape index (κ3) is 3.64. The summed E-state index contributed by atoms with van der Waals surface area (Å²) in [4.78, 5) is 34.1. The summed E-state index contributed by atoms with van der Waals surface area (Å²) in [5.41, 5.74) is 2.17. The number of allylic oxidation sites excluding steroid dienone is 1. The van der Waals surface area contributed by atoms with Crippen LogP contribution in [-0.2, 0) is 0 Å². The number of Topliss-reactive ketones (excluding diaryl/α,β-unsaturated/α-hetero) is 2. The van der Waals surface area contributed by atoms with Crippen molar-refractivity contribution < 1.29 is 9.59 Å². The number of nitrogens with zero attached hydrogens (tertiary/aromatic N) is 2. The predicted molar refractivity (Wildman–Crippen MR) is 155 cm³/mol. The van der Waals surface area contributed by atoms with Gasteiger partial charge in [-0.1, -0.05) is 66.7 Å². The summed E-state index contributed by atoms with van der Waals surface area (Å²) in [6.45, 7) is 0. The van der Waals surface area contributed by atoms with E-state index >= 15 is 0 Å². The number of thiophene rings is 1. The summed E-state index contributed by atoms with van der Waals surface area (Å²) < 4.78 is 0. The Bertz CT molecular complexity index is 1860. The Morgan fingerprint density at radius 1 is 0.658 bits per heavy atom. The summed E-state index contributed by atoms with van der Waals surface area (Å²) in [6, 6.07) is 35.7. The third-order valence-corrected chi connectivity index (χ3v) is 7.89. The van der Waals surface area contributed by atoms with Gasteiger partial charge in [-0.15, -0.1) is 11.3 Å². The maximum atomic E-state index is 13.3. The molecule has 2 heterocycles. The molecule has 0 unspecified atom stereocenters. The maximum Gasteiger partial charge on any atom is 0.197 e. The van der Waals surface area contributed by atoms with E-state index in [9.17, 15) is 9.59 Å². The molecule has 0 bridgehead atoms. The molecule has 0 radical (unpaired) electrons. The lowest BCUT2D eigenvalue weighted by Crippen LogP contribution is -2.10. The van der Waals surface area contributed by atoms with Gasteiger partial charge in [0.05, 0.1) is 11.3 Å². The predicted octanol–water partition coefficient (Wildman–Crippen LogP) is 8.38. The maximum absolute atomic E-state index is 13.3. The molecule has 0 saturated carbocycles. The highest BCUT2D eigenvalue weighted by Crippen LogP contribution is 2.42. The Kier molecular flexibility index (Phi) is 5.23. The molecule has 0 saturated heterocycles. The number of anilines is 3. The lowest BCUT2D eigenvalue weighted by atomic mass is 10.0. The van der Waals surface area contributed by atoms with E-state index in [-0.39, 0.29) is 17.1 Å². The van der Waals surface area contributed by atoms with Crippen molar-refractivity contribution in [3.8, 4) is 0 Å². The summed E-state index contributed by atoms with van der Waals surface area (Å²) in [7, 11) is 0.